The Bertz CT molecular complexity index is 2050. The van der Waals surface area contributed by atoms with Crippen LogP contribution in [0, 0.1) is 0 Å². The van der Waals surface area contributed by atoms with E-state index >= 15 is 0 Å². The van der Waals surface area contributed by atoms with E-state index < -0.39 is 8.07 Å². The standard InChI is InChI=1S/C48H38N2Si/c1-7-21-39(22-8-1)49(40-23-9-2-10-24-40)43-29-19-35-47(37-43)51(45-31-15-5-16-32-45,46-33-17-6-18-34-46)48-36-20-30-44(38-48)50(41-25-11-3-12-26-41)42-27-13-4-14-28-42/h1-38H. The van der Waals surface area contributed by atoms with Crippen molar-refractivity contribution in [3.8, 4) is 0 Å². The molecule has 0 aliphatic rings. The van der Waals surface area contributed by atoms with E-state index in [1.54, 1.807) is 0 Å². The molecule has 0 aromatic heterocycles. The van der Waals surface area contributed by atoms with Crippen molar-refractivity contribution in [3.63, 3.8) is 0 Å². The second-order valence-corrected chi connectivity index (χ2v) is 16.4. The van der Waals surface area contributed by atoms with Crippen LogP contribution < -0.4 is 30.5 Å². The van der Waals surface area contributed by atoms with Crippen molar-refractivity contribution in [2.24, 2.45) is 0 Å². The summed E-state index contributed by atoms with van der Waals surface area (Å²) in [6.45, 7) is 0. The SMILES string of the molecule is c1ccc(N(c2ccccc2)c2cccc([Si](c3ccccc3)(c3ccccc3)c3cccc(N(c4ccccc4)c4ccccc4)c3)c2)cc1. The first-order chi connectivity index (χ1) is 25.3. The molecule has 0 N–H and O–H groups in total. The molecule has 0 fully saturated rings. The summed E-state index contributed by atoms with van der Waals surface area (Å²) < 4.78 is 0. The molecular weight excluding hydrogens is 633 g/mol. The molecule has 0 heterocycles. The monoisotopic (exact) mass is 670 g/mol. The number of anilines is 6. The Morgan fingerprint density at radius 1 is 0.216 bits per heavy atom. The van der Waals surface area contributed by atoms with Crippen LogP contribution in [0.4, 0.5) is 34.1 Å². The fourth-order valence-corrected chi connectivity index (χ4v) is 12.1. The maximum atomic E-state index is 2.44. The van der Waals surface area contributed by atoms with Gasteiger partial charge < -0.3 is 9.80 Å². The lowest BCUT2D eigenvalue weighted by atomic mass is 10.2. The van der Waals surface area contributed by atoms with Crippen LogP contribution in [0.5, 0.6) is 0 Å². The Morgan fingerprint density at radius 3 is 0.745 bits per heavy atom. The summed E-state index contributed by atoms with van der Waals surface area (Å²) >= 11 is 0. The lowest BCUT2D eigenvalue weighted by molar-refractivity contribution is 1.28. The molecule has 0 saturated heterocycles. The Labute approximate surface area is 302 Å². The molecular formula is C48H38N2Si. The first kappa shape index (κ1) is 31.8. The van der Waals surface area contributed by atoms with Crippen LogP contribution in [-0.2, 0) is 0 Å². The first-order valence-corrected chi connectivity index (χ1v) is 19.4. The van der Waals surface area contributed by atoms with E-state index in [1.165, 1.54) is 20.7 Å². The minimum absolute atomic E-state index is 1.12. The fourth-order valence-electron chi connectivity index (χ4n) is 7.34. The van der Waals surface area contributed by atoms with Crippen molar-refractivity contribution in [2.75, 3.05) is 9.80 Å². The highest BCUT2D eigenvalue weighted by Gasteiger charge is 2.42. The fraction of sp³-hybridized carbons (Fsp3) is 0. The molecule has 3 heteroatoms. The molecule has 51 heavy (non-hydrogen) atoms. The lowest BCUT2D eigenvalue weighted by Crippen LogP contribution is -2.74. The van der Waals surface area contributed by atoms with Crippen molar-refractivity contribution < 1.29 is 0 Å². The molecule has 2 nitrogen and oxygen atoms in total. The van der Waals surface area contributed by atoms with E-state index in [9.17, 15) is 0 Å². The summed E-state index contributed by atoms with van der Waals surface area (Å²) in [4.78, 5) is 4.73. The molecule has 0 unspecified atom stereocenters. The zero-order valence-corrected chi connectivity index (χ0v) is 29.3. The molecule has 0 aliphatic carbocycles. The van der Waals surface area contributed by atoms with E-state index in [0.717, 1.165) is 34.1 Å². The number of rotatable bonds is 10. The second-order valence-electron chi connectivity index (χ2n) is 12.6. The third-order valence-corrected chi connectivity index (χ3v) is 14.3. The zero-order chi connectivity index (χ0) is 34.3. The molecule has 0 spiro atoms. The minimum atomic E-state index is -2.91. The Morgan fingerprint density at radius 2 is 0.451 bits per heavy atom. The van der Waals surface area contributed by atoms with E-state index in [4.69, 9.17) is 0 Å². The molecule has 8 rings (SSSR count). The largest absolute Gasteiger partial charge is 0.311 e. The Kier molecular flexibility index (Phi) is 9.10. The van der Waals surface area contributed by atoms with E-state index in [-0.39, 0.29) is 0 Å². The zero-order valence-electron chi connectivity index (χ0n) is 28.3. The first-order valence-electron chi connectivity index (χ1n) is 17.4. The van der Waals surface area contributed by atoms with Crippen molar-refractivity contribution in [3.05, 3.63) is 231 Å². The van der Waals surface area contributed by atoms with Gasteiger partial charge in [0.05, 0.1) is 0 Å². The van der Waals surface area contributed by atoms with Gasteiger partial charge in [0.15, 0.2) is 8.07 Å². The van der Waals surface area contributed by atoms with Gasteiger partial charge >= 0.3 is 0 Å². The molecule has 8 aromatic rings. The highest BCUT2D eigenvalue weighted by Crippen LogP contribution is 2.35. The van der Waals surface area contributed by atoms with E-state index in [1.807, 2.05) is 0 Å². The molecule has 0 atom stereocenters. The number of benzene rings is 8. The van der Waals surface area contributed by atoms with Crippen LogP contribution in [0.25, 0.3) is 0 Å². The average molecular weight is 671 g/mol. The third kappa shape index (κ3) is 6.27. The predicted molar refractivity (Wildman–Crippen MR) is 219 cm³/mol. The highest BCUT2D eigenvalue weighted by molar-refractivity contribution is 7.20. The second kappa shape index (κ2) is 14.6. The van der Waals surface area contributed by atoms with Gasteiger partial charge in [0, 0.05) is 34.1 Å². The Balaban J connectivity index is 1.40. The third-order valence-electron chi connectivity index (χ3n) is 9.55. The van der Waals surface area contributed by atoms with Crippen LogP contribution in [0.1, 0.15) is 0 Å². The quantitative estimate of drug-likeness (QED) is 0.106. The minimum Gasteiger partial charge on any atom is -0.311 e. The van der Waals surface area contributed by atoms with Crippen molar-refractivity contribution in [2.45, 2.75) is 0 Å². The van der Waals surface area contributed by atoms with Crippen LogP contribution in [-0.4, -0.2) is 8.07 Å². The van der Waals surface area contributed by atoms with Crippen molar-refractivity contribution >= 4 is 62.9 Å². The topological polar surface area (TPSA) is 6.48 Å². The molecule has 0 aliphatic heterocycles. The van der Waals surface area contributed by atoms with Gasteiger partial charge in [-0.3, -0.25) is 0 Å². The van der Waals surface area contributed by atoms with Gasteiger partial charge in [-0.1, -0.05) is 158 Å². The number of hydrogen-bond acceptors (Lipinski definition) is 2. The van der Waals surface area contributed by atoms with Crippen LogP contribution >= 0.6 is 0 Å². The number of nitrogens with zero attached hydrogens (tertiary/aromatic N) is 2. The van der Waals surface area contributed by atoms with E-state index in [2.05, 4.69) is 240 Å². The van der Waals surface area contributed by atoms with E-state index in [0.29, 0.717) is 0 Å². The summed E-state index contributed by atoms with van der Waals surface area (Å²) in [6, 6.07) is 83.5. The van der Waals surface area contributed by atoms with Crippen LogP contribution in [0.3, 0.4) is 0 Å². The smallest absolute Gasteiger partial charge is 0.179 e. The van der Waals surface area contributed by atoms with Gasteiger partial charge in [0.25, 0.3) is 0 Å². The van der Waals surface area contributed by atoms with Crippen molar-refractivity contribution in [1.29, 1.82) is 0 Å². The molecule has 0 radical (unpaired) electrons. The molecule has 0 bridgehead atoms. The normalized spacial score (nSPS) is 11.1. The average Bonchev–Trinajstić information content (AvgIpc) is 3.21. The number of hydrogen-bond donors (Lipinski definition) is 0. The van der Waals surface area contributed by atoms with Gasteiger partial charge in [0.1, 0.15) is 0 Å². The summed E-state index contributed by atoms with van der Waals surface area (Å²) in [5, 5.41) is 5.31. The molecule has 0 saturated carbocycles. The summed E-state index contributed by atoms with van der Waals surface area (Å²) in [6.07, 6.45) is 0. The highest BCUT2D eigenvalue weighted by atomic mass is 28.3. The van der Waals surface area contributed by atoms with Crippen molar-refractivity contribution in [1.82, 2.24) is 0 Å². The number of para-hydroxylation sites is 4. The van der Waals surface area contributed by atoms with Crippen LogP contribution in [0.2, 0.25) is 0 Å². The van der Waals surface area contributed by atoms with Gasteiger partial charge in [-0.15, -0.1) is 0 Å². The Hall–Kier alpha value is -6.42. The molecule has 0 amide bonds. The van der Waals surface area contributed by atoms with Gasteiger partial charge in [-0.25, -0.2) is 0 Å². The van der Waals surface area contributed by atoms with Gasteiger partial charge in [-0.05, 0) is 93.5 Å². The lowest BCUT2D eigenvalue weighted by Gasteiger charge is -2.36. The maximum Gasteiger partial charge on any atom is 0.179 e. The van der Waals surface area contributed by atoms with Gasteiger partial charge in [0.2, 0.25) is 0 Å². The summed E-state index contributed by atoms with van der Waals surface area (Å²) in [5.74, 6) is 0. The van der Waals surface area contributed by atoms with Crippen LogP contribution in [0.15, 0.2) is 231 Å². The maximum absolute atomic E-state index is 2.91. The summed E-state index contributed by atoms with van der Waals surface area (Å²) in [5.41, 5.74) is 6.73. The predicted octanol–water partition coefficient (Wildman–Crippen LogP) is 10.0. The summed E-state index contributed by atoms with van der Waals surface area (Å²) in [7, 11) is -2.91. The molecule has 244 valence electrons. The molecule has 8 aromatic carbocycles. The van der Waals surface area contributed by atoms with Gasteiger partial charge in [-0.2, -0.15) is 0 Å².